The Morgan fingerprint density at radius 3 is 2.56 bits per heavy atom. The van der Waals surface area contributed by atoms with Crippen LogP contribution in [0.3, 0.4) is 0 Å². The van der Waals surface area contributed by atoms with E-state index in [0.717, 1.165) is 6.07 Å². The van der Waals surface area contributed by atoms with Crippen LogP contribution in [0.25, 0.3) is 0 Å². The van der Waals surface area contributed by atoms with E-state index in [2.05, 4.69) is 5.32 Å². The average molecular weight is 399 g/mol. The number of para-hydroxylation sites is 1. The van der Waals surface area contributed by atoms with Crippen molar-refractivity contribution in [3.63, 3.8) is 0 Å². The maximum atomic E-state index is 12.7. The topological polar surface area (TPSA) is 104 Å². The third-order valence-corrected chi connectivity index (χ3v) is 5.14. The first-order valence-corrected chi connectivity index (χ1v) is 8.66. The van der Waals surface area contributed by atoms with E-state index >= 15 is 0 Å². The Morgan fingerprint density at radius 1 is 1.32 bits per heavy atom. The first kappa shape index (κ1) is 21.3. The van der Waals surface area contributed by atoms with Crippen molar-refractivity contribution in [2.24, 2.45) is 0 Å². The fourth-order valence-electron chi connectivity index (χ4n) is 2.58. The van der Waals surface area contributed by atoms with Gasteiger partial charge in [0.05, 0.1) is 17.1 Å². The molecule has 1 aliphatic rings. The minimum absolute atomic E-state index is 0. The molecule has 1 saturated heterocycles. The van der Waals surface area contributed by atoms with Gasteiger partial charge in [-0.2, -0.15) is 8.78 Å². The van der Waals surface area contributed by atoms with Gasteiger partial charge in [-0.05, 0) is 31.5 Å². The lowest BCUT2D eigenvalue weighted by Crippen LogP contribution is -2.41. The fourth-order valence-corrected chi connectivity index (χ4v) is 3.47. The molecule has 1 fully saturated rings. The number of anilines is 1. The zero-order chi connectivity index (χ0) is 17.9. The first-order chi connectivity index (χ1) is 11.2. The summed E-state index contributed by atoms with van der Waals surface area (Å²) in [5.41, 5.74) is -0.256. The first-order valence-electron chi connectivity index (χ1n) is 7.11. The fraction of sp³-hybridized carbons (Fsp3) is 0.429. The lowest BCUT2D eigenvalue weighted by Gasteiger charge is -2.20. The lowest BCUT2D eigenvalue weighted by molar-refractivity contribution is -0.142. The van der Waals surface area contributed by atoms with Crippen molar-refractivity contribution in [1.29, 1.82) is 0 Å². The molecule has 0 saturated carbocycles. The summed E-state index contributed by atoms with van der Waals surface area (Å²) in [6, 6.07) is 4.07. The second-order valence-corrected chi connectivity index (χ2v) is 7.20. The number of hydrogen-bond acceptors (Lipinski definition) is 5. The van der Waals surface area contributed by atoms with Crippen molar-refractivity contribution in [2.45, 2.75) is 29.5 Å². The van der Waals surface area contributed by atoms with Gasteiger partial charge in [-0.25, -0.2) is 8.42 Å². The predicted octanol–water partition coefficient (Wildman–Crippen LogP) is 1.59. The van der Waals surface area contributed by atoms with Crippen LogP contribution in [0.1, 0.15) is 12.8 Å². The van der Waals surface area contributed by atoms with Gasteiger partial charge in [0.2, 0.25) is 15.7 Å². The highest BCUT2D eigenvalue weighted by atomic mass is 35.5. The van der Waals surface area contributed by atoms with Crippen LogP contribution in [0, 0.1) is 0 Å². The van der Waals surface area contributed by atoms with Gasteiger partial charge in [0.1, 0.15) is 6.04 Å². The number of nitrogens with zero attached hydrogens (tertiary/aromatic N) is 1. The summed E-state index contributed by atoms with van der Waals surface area (Å²) in [7, 11) is -4.86. The van der Waals surface area contributed by atoms with Gasteiger partial charge in [-0.1, -0.05) is 12.1 Å². The predicted molar refractivity (Wildman–Crippen MR) is 87.7 cm³/mol. The third-order valence-electron chi connectivity index (χ3n) is 3.70. The molecule has 0 unspecified atom stereocenters. The molecule has 7 nitrogen and oxygen atoms in total. The number of carbonyl (C=O) groups is 2. The molecule has 0 bridgehead atoms. The molecule has 0 aromatic heterocycles. The van der Waals surface area contributed by atoms with Crippen LogP contribution < -0.4 is 5.32 Å². The van der Waals surface area contributed by atoms with Gasteiger partial charge < -0.3 is 10.4 Å². The van der Waals surface area contributed by atoms with Gasteiger partial charge in [0, 0.05) is 0 Å². The van der Waals surface area contributed by atoms with Crippen LogP contribution >= 0.6 is 12.4 Å². The van der Waals surface area contributed by atoms with E-state index in [9.17, 15) is 26.8 Å². The minimum Gasteiger partial charge on any atom is -0.480 e. The van der Waals surface area contributed by atoms with E-state index in [4.69, 9.17) is 5.11 Å². The summed E-state index contributed by atoms with van der Waals surface area (Å²) in [5, 5.41) is 11.3. The van der Waals surface area contributed by atoms with Crippen molar-refractivity contribution >= 4 is 39.8 Å². The summed E-state index contributed by atoms with van der Waals surface area (Å²) >= 11 is 0. The molecule has 11 heteroatoms. The number of benzene rings is 1. The summed E-state index contributed by atoms with van der Waals surface area (Å²) in [4.78, 5) is 23.9. The molecule has 1 amide bonds. The number of sulfone groups is 1. The van der Waals surface area contributed by atoms with Crippen LogP contribution in [0.15, 0.2) is 29.2 Å². The molecule has 2 N–H and O–H groups in total. The van der Waals surface area contributed by atoms with Crippen molar-refractivity contribution in [2.75, 3.05) is 18.4 Å². The summed E-state index contributed by atoms with van der Waals surface area (Å²) < 4.78 is 48.7. The standard InChI is InChI=1S/C14H16F2N2O5S.ClH/c15-14(16)24(22,23)11-6-2-1-4-9(11)17-12(19)8-18-7-3-5-10(18)13(20)21;/h1-2,4,6,10,14H,3,5,7-8H2,(H,17,19)(H,20,21);1H/t10-;/m0./s1. The molecule has 1 aromatic carbocycles. The summed E-state index contributed by atoms with van der Waals surface area (Å²) in [6.07, 6.45) is 1.04. The number of rotatable bonds is 6. The molecule has 0 aliphatic carbocycles. The Hall–Kier alpha value is -1.78. The maximum Gasteiger partial charge on any atom is 0.341 e. The van der Waals surface area contributed by atoms with Crippen LogP contribution in [0.5, 0.6) is 0 Å². The highest BCUT2D eigenvalue weighted by molar-refractivity contribution is 7.91. The maximum absolute atomic E-state index is 12.7. The number of carbonyl (C=O) groups excluding carboxylic acids is 1. The number of amides is 1. The number of carboxylic acid groups (broad SMARTS) is 1. The number of nitrogens with one attached hydrogen (secondary N) is 1. The van der Waals surface area contributed by atoms with Crippen LogP contribution in [-0.4, -0.2) is 55.2 Å². The van der Waals surface area contributed by atoms with Gasteiger partial charge >= 0.3 is 11.7 Å². The van der Waals surface area contributed by atoms with Crippen molar-refractivity contribution in [3.05, 3.63) is 24.3 Å². The molecular formula is C14H17ClF2N2O5S. The Kier molecular flexibility index (Phi) is 7.27. The molecule has 1 aliphatic heterocycles. The van der Waals surface area contributed by atoms with E-state index in [1.54, 1.807) is 0 Å². The molecule has 1 heterocycles. The van der Waals surface area contributed by atoms with E-state index < -0.39 is 38.4 Å². The molecule has 0 spiro atoms. The lowest BCUT2D eigenvalue weighted by atomic mass is 10.2. The molecule has 0 radical (unpaired) electrons. The SMILES string of the molecule is Cl.O=C(CN1CCC[C@H]1C(=O)O)Nc1ccccc1S(=O)(=O)C(F)F. The molecule has 1 atom stereocenters. The highest BCUT2D eigenvalue weighted by Crippen LogP contribution is 2.26. The van der Waals surface area contributed by atoms with Crippen molar-refractivity contribution in [1.82, 2.24) is 4.90 Å². The minimum atomic E-state index is -4.86. The second-order valence-electron chi connectivity index (χ2n) is 5.32. The van der Waals surface area contributed by atoms with Gasteiger partial charge in [-0.15, -0.1) is 12.4 Å². The monoisotopic (exact) mass is 398 g/mol. The number of likely N-dealkylation sites (tertiary alicyclic amines) is 1. The normalized spacial score (nSPS) is 18.0. The molecule has 2 rings (SSSR count). The van der Waals surface area contributed by atoms with Gasteiger partial charge in [0.15, 0.2) is 0 Å². The number of alkyl halides is 2. The van der Waals surface area contributed by atoms with E-state index in [-0.39, 0.29) is 24.6 Å². The number of aliphatic carboxylic acids is 1. The molecular weight excluding hydrogens is 382 g/mol. The third kappa shape index (κ3) is 4.86. The van der Waals surface area contributed by atoms with E-state index in [0.29, 0.717) is 19.4 Å². The zero-order valence-electron chi connectivity index (χ0n) is 12.9. The van der Waals surface area contributed by atoms with E-state index in [1.165, 1.54) is 23.1 Å². The molecule has 1 aromatic rings. The second kappa shape index (κ2) is 8.54. The Bertz CT molecular complexity index is 744. The van der Waals surface area contributed by atoms with Crippen molar-refractivity contribution in [3.8, 4) is 0 Å². The van der Waals surface area contributed by atoms with E-state index in [1.807, 2.05) is 0 Å². The zero-order valence-corrected chi connectivity index (χ0v) is 14.5. The molecule has 140 valence electrons. The summed E-state index contributed by atoms with van der Waals surface area (Å²) in [6.45, 7) is 0.154. The smallest absolute Gasteiger partial charge is 0.341 e. The Morgan fingerprint density at radius 2 is 1.96 bits per heavy atom. The molecule has 25 heavy (non-hydrogen) atoms. The number of hydrogen-bond donors (Lipinski definition) is 2. The van der Waals surface area contributed by atoms with Crippen LogP contribution in [-0.2, 0) is 19.4 Å². The quantitative estimate of drug-likeness (QED) is 0.754. The van der Waals surface area contributed by atoms with Crippen LogP contribution in [0.4, 0.5) is 14.5 Å². The van der Waals surface area contributed by atoms with Gasteiger partial charge in [0.25, 0.3) is 0 Å². The number of carboxylic acids is 1. The average Bonchev–Trinajstić information content (AvgIpc) is 2.95. The number of halogens is 3. The van der Waals surface area contributed by atoms with Gasteiger partial charge in [-0.3, -0.25) is 14.5 Å². The highest BCUT2D eigenvalue weighted by Gasteiger charge is 2.33. The Labute approximate surface area is 149 Å². The summed E-state index contributed by atoms with van der Waals surface area (Å²) in [5.74, 6) is -5.31. The largest absolute Gasteiger partial charge is 0.480 e. The Balaban J connectivity index is 0.00000312. The van der Waals surface area contributed by atoms with Crippen molar-refractivity contribution < 1.29 is 31.9 Å². The van der Waals surface area contributed by atoms with Crippen LogP contribution in [0.2, 0.25) is 0 Å².